The zero-order valence-corrected chi connectivity index (χ0v) is 12.6. The molecule has 0 heterocycles. The third-order valence-corrected chi connectivity index (χ3v) is 2.74. The summed E-state index contributed by atoms with van der Waals surface area (Å²) in [6.07, 6.45) is 1.22. The Hall–Kier alpha value is -1.55. The minimum absolute atomic E-state index is 0.0297. The van der Waals surface area contributed by atoms with Crippen molar-refractivity contribution in [3.8, 4) is 5.75 Å². The van der Waals surface area contributed by atoms with Gasteiger partial charge < -0.3 is 14.8 Å². The van der Waals surface area contributed by atoms with E-state index in [1.165, 1.54) is 0 Å². The van der Waals surface area contributed by atoms with Crippen LogP contribution in [0.15, 0.2) is 24.3 Å². The largest absolute Gasteiger partial charge is 0.497 e. The van der Waals surface area contributed by atoms with Crippen molar-refractivity contribution < 1.29 is 14.3 Å². The molecule has 0 aliphatic rings. The van der Waals surface area contributed by atoms with E-state index in [4.69, 9.17) is 9.47 Å². The molecule has 0 aromatic heterocycles. The van der Waals surface area contributed by atoms with Crippen LogP contribution in [-0.4, -0.2) is 32.8 Å². The van der Waals surface area contributed by atoms with E-state index >= 15 is 0 Å². The molecule has 1 rings (SSSR count). The second-order valence-corrected chi connectivity index (χ2v) is 5.20. The van der Waals surface area contributed by atoms with Gasteiger partial charge in [0.25, 0.3) is 0 Å². The molecule has 0 bridgehead atoms. The van der Waals surface area contributed by atoms with Gasteiger partial charge in [0.2, 0.25) is 5.91 Å². The van der Waals surface area contributed by atoms with E-state index in [-0.39, 0.29) is 5.91 Å². The number of carbonyl (C=O) groups excluding carboxylic acids is 1. The Morgan fingerprint density at radius 3 is 2.85 bits per heavy atom. The zero-order valence-electron chi connectivity index (χ0n) is 12.6. The summed E-state index contributed by atoms with van der Waals surface area (Å²) < 4.78 is 10.6. The molecule has 1 N–H and O–H groups in total. The summed E-state index contributed by atoms with van der Waals surface area (Å²) in [5, 5.41) is 2.90. The van der Waals surface area contributed by atoms with E-state index < -0.39 is 0 Å². The fourth-order valence-electron chi connectivity index (χ4n) is 1.75. The number of hydrogen-bond acceptors (Lipinski definition) is 3. The first-order valence-electron chi connectivity index (χ1n) is 7.09. The number of ether oxygens (including phenoxy) is 2. The Labute approximate surface area is 121 Å². The lowest BCUT2D eigenvalue weighted by molar-refractivity contribution is -0.120. The van der Waals surface area contributed by atoms with Crippen LogP contribution in [0.25, 0.3) is 0 Å². The van der Waals surface area contributed by atoms with E-state index in [0.29, 0.717) is 25.5 Å². The standard InChI is InChI=1S/C16H25NO3/c1-13(2)12-20-9-5-8-17-16(18)11-14-6-4-7-15(10-14)19-3/h4,6-7,10,13H,5,8-9,11-12H2,1-3H3,(H,17,18). The normalized spacial score (nSPS) is 10.6. The van der Waals surface area contributed by atoms with Crippen molar-refractivity contribution in [3.05, 3.63) is 29.8 Å². The fraction of sp³-hybridized carbons (Fsp3) is 0.562. The number of hydrogen-bond donors (Lipinski definition) is 1. The van der Waals surface area contributed by atoms with Gasteiger partial charge in [-0.3, -0.25) is 4.79 Å². The Bertz CT molecular complexity index is 404. The van der Waals surface area contributed by atoms with Gasteiger partial charge in [0.15, 0.2) is 0 Å². The first-order valence-corrected chi connectivity index (χ1v) is 7.09. The van der Waals surface area contributed by atoms with Gasteiger partial charge in [-0.25, -0.2) is 0 Å². The van der Waals surface area contributed by atoms with Gasteiger partial charge in [-0.2, -0.15) is 0 Å². The Balaban J connectivity index is 2.16. The molecule has 112 valence electrons. The van der Waals surface area contributed by atoms with E-state index in [1.807, 2.05) is 24.3 Å². The van der Waals surface area contributed by atoms with Crippen molar-refractivity contribution in [1.82, 2.24) is 5.32 Å². The molecule has 1 amide bonds. The molecular formula is C16H25NO3. The van der Waals surface area contributed by atoms with Crippen LogP contribution in [0.1, 0.15) is 25.8 Å². The highest BCUT2D eigenvalue weighted by molar-refractivity contribution is 5.78. The molecular weight excluding hydrogens is 254 g/mol. The molecule has 1 aromatic rings. The lowest BCUT2D eigenvalue weighted by Crippen LogP contribution is -2.26. The van der Waals surface area contributed by atoms with Gasteiger partial charge >= 0.3 is 0 Å². The van der Waals surface area contributed by atoms with Gasteiger partial charge in [0, 0.05) is 19.8 Å². The summed E-state index contributed by atoms with van der Waals surface area (Å²) in [7, 11) is 1.62. The maximum Gasteiger partial charge on any atom is 0.224 e. The van der Waals surface area contributed by atoms with Crippen molar-refractivity contribution in [3.63, 3.8) is 0 Å². The highest BCUT2D eigenvalue weighted by Gasteiger charge is 2.03. The molecule has 0 aliphatic carbocycles. The third kappa shape index (κ3) is 7.14. The third-order valence-electron chi connectivity index (χ3n) is 2.74. The molecule has 0 aliphatic heterocycles. The van der Waals surface area contributed by atoms with Crippen molar-refractivity contribution in [2.24, 2.45) is 5.92 Å². The molecule has 4 heteroatoms. The summed E-state index contributed by atoms with van der Waals surface area (Å²) in [4.78, 5) is 11.8. The summed E-state index contributed by atoms with van der Waals surface area (Å²) >= 11 is 0. The van der Waals surface area contributed by atoms with Crippen LogP contribution >= 0.6 is 0 Å². The minimum Gasteiger partial charge on any atom is -0.497 e. The number of amides is 1. The van der Waals surface area contributed by atoms with E-state index in [0.717, 1.165) is 24.3 Å². The average molecular weight is 279 g/mol. The summed E-state index contributed by atoms with van der Waals surface area (Å²) in [5.74, 6) is 1.36. The van der Waals surface area contributed by atoms with Gasteiger partial charge in [0.1, 0.15) is 5.75 Å². The molecule has 1 aromatic carbocycles. The number of benzene rings is 1. The van der Waals surface area contributed by atoms with Gasteiger partial charge in [-0.15, -0.1) is 0 Å². The van der Waals surface area contributed by atoms with Crippen molar-refractivity contribution >= 4 is 5.91 Å². The fourth-order valence-corrected chi connectivity index (χ4v) is 1.75. The summed E-state index contributed by atoms with van der Waals surface area (Å²) in [5.41, 5.74) is 0.956. The lowest BCUT2D eigenvalue weighted by atomic mass is 10.1. The molecule has 0 saturated heterocycles. The summed E-state index contributed by atoms with van der Waals surface area (Å²) in [6, 6.07) is 7.56. The highest BCUT2D eigenvalue weighted by atomic mass is 16.5. The Morgan fingerprint density at radius 1 is 1.35 bits per heavy atom. The maximum absolute atomic E-state index is 11.8. The van der Waals surface area contributed by atoms with Crippen molar-refractivity contribution in [1.29, 1.82) is 0 Å². The Kier molecular flexibility index (Phi) is 7.73. The number of nitrogens with one attached hydrogen (secondary N) is 1. The highest BCUT2D eigenvalue weighted by Crippen LogP contribution is 2.12. The molecule has 0 fully saturated rings. The zero-order chi connectivity index (χ0) is 14.8. The number of methoxy groups -OCH3 is 1. The number of rotatable bonds is 9. The van der Waals surface area contributed by atoms with Crippen molar-refractivity contribution in [2.45, 2.75) is 26.7 Å². The second-order valence-electron chi connectivity index (χ2n) is 5.20. The van der Waals surface area contributed by atoms with Crippen LogP contribution < -0.4 is 10.1 Å². The van der Waals surface area contributed by atoms with Crippen LogP contribution in [0.4, 0.5) is 0 Å². The molecule has 0 atom stereocenters. The van der Waals surface area contributed by atoms with Crippen LogP contribution in [0.2, 0.25) is 0 Å². The molecule has 0 spiro atoms. The topological polar surface area (TPSA) is 47.6 Å². The maximum atomic E-state index is 11.8. The summed E-state index contributed by atoms with van der Waals surface area (Å²) in [6.45, 7) is 6.36. The second kappa shape index (κ2) is 9.37. The average Bonchev–Trinajstić information content (AvgIpc) is 2.42. The SMILES string of the molecule is COc1cccc(CC(=O)NCCCOCC(C)C)c1. The van der Waals surface area contributed by atoms with Gasteiger partial charge in [-0.05, 0) is 30.0 Å². The van der Waals surface area contributed by atoms with Crippen molar-refractivity contribution in [2.75, 3.05) is 26.9 Å². The van der Waals surface area contributed by atoms with Crippen LogP contribution in [0, 0.1) is 5.92 Å². The van der Waals surface area contributed by atoms with Crippen LogP contribution in [-0.2, 0) is 16.0 Å². The predicted molar refractivity (Wildman–Crippen MR) is 80.0 cm³/mol. The molecule has 0 saturated carbocycles. The van der Waals surface area contributed by atoms with E-state index in [1.54, 1.807) is 7.11 Å². The first kappa shape index (κ1) is 16.5. The van der Waals surface area contributed by atoms with Gasteiger partial charge in [-0.1, -0.05) is 26.0 Å². The quantitative estimate of drug-likeness (QED) is 0.706. The minimum atomic E-state index is 0.0297. The smallest absolute Gasteiger partial charge is 0.224 e. The van der Waals surface area contributed by atoms with Crippen LogP contribution in [0.3, 0.4) is 0 Å². The molecule has 0 radical (unpaired) electrons. The molecule has 20 heavy (non-hydrogen) atoms. The van der Waals surface area contributed by atoms with Gasteiger partial charge in [0.05, 0.1) is 13.5 Å². The predicted octanol–water partition coefficient (Wildman–Crippen LogP) is 2.42. The molecule has 0 unspecified atom stereocenters. The Morgan fingerprint density at radius 2 is 2.15 bits per heavy atom. The molecule has 4 nitrogen and oxygen atoms in total. The van der Waals surface area contributed by atoms with E-state index in [2.05, 4.69) is 19.2 Å². The number of carbonyl (C=O) groups is 1. The van der Waals surface area contributed by atoms with Crippen LogP contribution in [0.5, 0.6) is 5.75 Å². The monoisotopic (exact) mass is 279 g/mol. The lowest BCUT2D eigenvalue weighted by Gasteiger charge is -2.08. The van der Waals surface area contributed by atoms with E-state index in [9.17, 15) is 4.79 Å². The first-order chi connectivity index (χ1) is 9.61.